The zero-order valence-electron chi connectivity index (χ0n) is 9.75. The summed E-state index contributed by atoms with van der Waals surface area (Å²) in [4.78, 5) is 2.69. The van der Waals surface area contributed by atoms with E-state index in [4.69, 9.17) is 19.7 Å². The van der Waals surface area contributed by atoms with Gasteiger partial charge in [-0.2, -0.15) is 0 Å². The maximum Gasteiger partial charge on any atom is 0.183 e. The monoisotopic (exact) mass is 239 g/mol. The third-order valence-corrected chi connectivity index (χ3v) is 2.17. The van der Waals surface area contributed by atoms with Gasteiger partial charge in [-0.05, 0) is 17.7 Å². The fourth-order valence-electron chi connectivity index (χ4n) is 1.47. The summed E-state index contributed by atoms with van der Waals surface area (Å²) in [5, 5.41) is 13.1. The van der Waals surface area contributed by atoms with Crippen LogP contribution in [0.25, 0.3) is 10.4 Å². The summed E-state index contributed by atoms with van der Waals surface area (Å²) in [6.07, 6.45) is -0.704. The predicted molar refractivity (Wildman–Crippen MR) is 60.2 cm³/mol. The first-order valence-corrected chi connectivity index (χ1v) is 4.70. The Kier molecular flexibility index (Phi) is 4.59. The molecule has 7 nitrogen and oxygen atoms in total. The van der Waals surface area contributed by atoms with Gasteiger partial charge in [0.05, 0.1) is 12.8 Å². The Labute approximate surface area is 98.2 Å². The van der Waals surface area contributed by atoms with Crippen molar-refractivity contribution in [3.63, 3.8) is 0 Å². The smallest absolute Gasteiger partial charge is 0.183 e. The third-order valence-electron chi connectivity index (χ3n) is 2.17. The Balaban J connectivity index is 3.44. The molecule has 1 N–H and O–H groups in total. The SMILES string of the molecule is COc1c(O)ccc(C(OC)OC)c1N=[N+]=[N-]. The summed E-state index contributed by atoms with van der Waals surface area (Å²) in [6, 6.07) is 2.95. The van der Waals surface area contributed by atoms with Crippen molar-refractivity contribution in [2.45, 2.75) is 6.29 Å². The molecule has 92 valence electrons. The highest BCUT2D eigenvalue weighted by molar-refractivity contribution is 5.64. The van der Waals surface area contributed by atoms with Gasteiger partial charge in [-0.25, -0.2) is 0 Å². The first-order valence-electron chi connectivity index (χ1n) is 4.70. The van der Waals surface area contributed by atoms with Crippen LogP contribution < -0.4 is 4.74 Å². The number of phenolic OH excluding ortho intramolecular Hbond substituents is 1. The van der Waals surface area contributed by atoms with Gasteiger partial charge >= 0.3 is 0 Å². The van der Waals surface area contributed by atoms with Crippen molar-refractivity contribution >= 4 is 5.69 Å². The fraction of sp³-hybridized carbons (Fsp3) is 0.400. The van der Waals surface area contributed by atoms with Crippen LogP contribution in [0.3, 0.4) is 0 Å². The van der Waals surface area contributed by atoms with Gasteiger partial charge in [-0.15, -0.1) is 0 Å². The van der Waals surface area contributed by atoms with E-state index in [2.05, 4.69) is 10.0 Å². The van der Waals surface area contributed by atoms with Crippen molar-refractivity contribution in [3.05, 3.63) is 28.1 Å². The van der Waals surface area contributed by atoms with Crippen LogP contribution in [0.15, 0.2) is 17.2 Å². The number of methoxy groups -OCH3 is 3. The largest absolute Gasteiger partial charge is 0.504 e. The topological polar surface area (TPSA) is 96.7 Å². The van der Waals surface area contributed by atoms with Crippen LogP contribution in [0.5, 0.6) is 11.5 Å². The highest BCUT2D eigenvalue weighted by atomic mass is 16.7. The molecule has 0 atom stereocenters. The van der Waals surface area contributed by atoms with E-state index in [-0.39, 0.29) is 17.2 Å². The first kappa shape index (κ1) is 13.1. The van der Waals surface area contributed by atoms with Crippen LogP contribution in [-0.2, 0) is 9.47 Å². The lowest BCUT2D eigenvalue weighted by Crippen LogP contribution is -2.04. The molecule has 1 aromatic carbocycles. The Morgan fingerprint density at radius 2 is 1.94 bits per heavy atom. The van der Waals surface area contributed by atoms with Gasteiger partial charge in [0, 0.05) is 24.7 Å². The second-order valence-corrected chi connectivity index (χ2v) is 3.05. The Morgan fingerprint density at radius 3 is 2.41 bits per heavy atom. The van der Waals surface area contributed by atoms with Crippen molar-refractivity contribution in [1.82, 2.24) is 0 Å². The van der Waals surface area contributed by atoms with Crippen LogP contribution in [-0.4, -0.2) is 26.4 Å². The average Bonchev–Trinajstić information content (AvgIpc) is 2.34. The molecule has 0 aliphatic heterocycles. The summed E-state index contributed by atoms with van der Waals surface area (Å²) in [6.45, 7) is 0. The minimum atomic E-state index is -0.704. The molecule has 0 amide bonds. The second-order valence-electron chi connectivity index (χ2n) is 3.05. The molecule has 0 aromatic heterocycles. The van der Waals surface area contributed by atoms with Crippen molar-refractivity contribution in [2.75, 3.05) is 21.3 Å². The predicted octanol–water partition coefficient (Wildman–Crippen LogP) is 2.63. The van der Waals surface area contributed by atoms with E-state index in [0.29, 0.717) is 5.56 Å². The molecule has 0 spiro atoms. The lowest BCUT2D eigenvalue weighted by Gasteiger charge is -2.18. The molecule has 0 saturated carbocycles. The number of ether oxygens (including phenoxy) is 3. The number of rotatable bonds is 5. The van der Waals surface area contributed by atoms with Crippen LogP contribution in [0, 0.1) is 0 Å². The van der Waals surface area contributed by atoms with Crippen LogP contribution >= 0.6 is 0 Å². The highest BCUT2D eigenvalue weighted by Gasteiger charge is 2.19. The Morgan fingerprint density at radius 1 is 1.29 bits per heavy atom. The number of nitrogens with zero attached hydrogens (tertiary/aromatic N) is 3. The summed E-state index contributed by atoms with van der Waals surface area (Å²) < 4.78 is 15.1. The summed E-state index contributed by atoms with van der Waals surface area (Å²) in [5.41, 5.74) is 9.14. The summed E-state index contributed by atoms with van der Waals surface area (Å²) >= 11 is 0. The lowest BCUT2D eigenvalue weighted by atomic mass is 10.1. The number of hydrogen-bond donors (Lipinski definition) is 1. The summed E-state index contributed by atoms with van der Waals surface area (Å²) in [5.74, 6) is -0.0380. The standard InChI is InChI=1S/C10H13N3O4/c1-15-9-7(14)5-4-6(8(9)12-13-11)10(16-2)17-3/h4-5,10,14H,1-3H3. The van der Waals surface area contributed by atoms with E-state index in [0.717, 1.165) is 0 Å². The molecule has 0 bridgehead atoms. The highest BCUT2D eigenvalue weighted by Crippen LogP contribution is 2.42. The normalized spacial score (nSPS) is 10.1. The molecule has 7 heteroatoms. The molecule has 1 aromatic rings. The first-order chi connectivity index (χ1) is 8.19. The minimum absolute atomic E-state index is 0.0828. The third kappa shape index (κ3) is 2.59. The van der Waals surface area contributed by atoms with Crippen molar-refractivity contribution in [1.29, 1.82) is 0 Å². The Hall–Kier alpha value is -1.95. The molecular weight excluding hydrogens is 226 g/mol. The Bertz CT molecular complexity index is 439. The van der Waals surface area contributed by atoms with Gasteiger partial charge in [0.15, 0.2) is 17.8 Å². The molecule has 0 heterocycles. The minimum Gasteiger partial charge on any atom is -0.504 e. The van der Waals surface area contributed by atoms with Crippen LogP contribution in [0.2, 0.25) is 0 Å². The number of benzene rings is 1. The lowest BCUT2D eigenvalue weighted by molar-refractivity contribution is -0.105. The van der Waals surface area contributed by atoms with Gasteiger partial charge in [0.2, 0.25) is 0 Å². The van der Waals surface area contributed by atoms with E-state index < -0.39 is 6.29 Å². The van der Waals surface area contributed by atoms with Crippen molar-refractivity contribution in [2.24, 2.45) is 5.11 Å². The number of hydrogen-bond acceptors (Lipinski definition) is 5. The van der Waals surface area contributed by atoms with Gasteiger partial charge in [-0.1, -0.05) is 5.11 Å². The van der Waals surface area contributed by atoms with Crippen molar-refractivity contribution < 1.29 is 19.3 Å². The van der Waals surface area contributed by atoms with E-state index >= 15 is 0 Å². The van der Waals surface area contributed by atoms with Gasteiger partial charge in [-0.3, -0.25) is 0 Å². The molecule has 0 unspecified atom stereocenters. The number of azide groups is 1. The second kappa shape index (κ2) is 5.95. The van der Waals surface area contributed by atoms with Gasteiger partial charge in [0.25, 0.3) is 0 Å². The maximum absolute atomic E-state index is 9.58. The molecule has 0 aliphatic rings. The van der Waals surface area contributed by atoms with Crippen LogP contribution in [0.1, 0.15) is 11.9 Å². The van der Waals surface area contributed by atoms with Gasteiger partial charge in [0.1, 0.15) is 0 Å². The van der Waals surface area contributed by atoms with E-state index in [1.165, 1.54) is 27.4 Å². The van der Waals surface area contributed by atoms with Crippen LogP contribution in [0.4, 0.5) is 5.69 Å². The molecule has 0 radical (unpaired) electrons. The zero-order valence-corrected chi connectivity index (χ0v) is 9.75. The average molecular weight is 239 g/mol. The number of phenols is 1. The number of aromatic hydroxyl groups is 1. The fourth-order valence-corrected chi connectivity index (χ4v) is 1.47. The molecular formula is C10H13N3O4. The maximum atomic E-state index is 9.58. The van der Waals surface area contributed by atoms with Gasteiger partial charge < -0.3 is 19.3 Å². The quantitative estimate of drug-likeness (QED) is 0.369. The zero-order chi connectivity index (χ0) is 12.8. The molecule has 0 saturated heterocycles. The molecule has 0 aliphatic carbocycles. The molecule has 1 rings (SSSR count). The van der Waals surface area contributed by atoms with Crippen molar-refractivity contribution in [3.8, 4) is 11.5 Å². The van der Waals surface area contributed by atoms with E-state index in [9.17, 15) is 5.11 Å². The van der Waals surface area contributed by atoms with E-state index in [1.54, 1.807) is 6.07 Å². The summed E-state index contributed by atoms with van der Waals surface area (Å²) in [7, 11) is 4.27. The molecule has 17 heavy (non-hydrogen) atoms. The molecule has 0 fully saturated rings. The van der Waals surface area contributed by atoms with E-state index in [1.807, 2.05) is 0 Å².